The fourth-order valence-corrected chi connectivity index (χ4v) is 3.83. The summed E-state index contributed by atoms with van der Waals surface area (Å²) in [6.45, 7) is 3.74. The van der Waals surface area contributed by atoms with Gasteiger partial charge in [0.05, 0.1) is 5.92 Å². The predicted molar refractivity (Wildman–Crippen MR) is 71.6 cm³/mol. The average Bonchev–Trinajstić information content (AvgIpc) is 2.96. The first-order valence-corrected chi connectivity index (χ1v) is 7.55. The molecule has 1 saturated carbocycles. The molecular formula is C14H19NO2S. The topological polar surface area (TPSA) is 40.5 Å². The molecule has 1 aliphatic carbocycles. The molecule has 2 aliphatic rings. The summed E-state index contributed by atoms with van der Waals surface area (Å²) in [4.78, 5) is 14.9. The lowest BCUT2D eigenvalue weighted by Gasteiger charge is -2.46. The van der Waals surface area contributed by atoms with Gasteiger partial charge in [-0.25, -0.2) is 0 Å². The molecule has 0 aromatic carbocycles. The second-order valence-corrected chi connectivity index (χ2v) is 6.62. The van der Waals surface area contributed by atoms with Gasteiger partial charge in [0.25, 0.3) is 0 Å². The van der Waals surface area contributed by atoms with Crippen LogP contribution in [-0.4, -0.2) is 29.1 Å². The van der Waals surface area contributed by atoms with Crippen LogP contribution in [0, 0.1) is 17.8 Å². The SMILES string of the molecule is CC(C(=O)O)C1CN(C(c2cccs2)C2CC2)C1. The molecule has 0 spiro atoms. The largest absolute Gasteiger partial charge is 0.481 e. The molecule has 1 aromatic rings. The molecule has 18 heavy (non-hydrogen) atoms. The standard InChI is InChI=1S/C14H19NO2S/c1-9(14(16)17)11-7-15(8-11)13(10-4-5-10)12-3-2-6-18-12/h2-3,6,9-11,13H,4-5,7-8H2,1H3,(H,16,17). The molecule has 1 aromatic heterocycles. The zero-order chi connectivity index (χ0) is 12.7. The van der Waals surface area contributed by atoms with E-state index < -0.39 is 5.97 Å². The fourth-order valence-electron chi connectivity index (χ4n) is 2.88. The van der Waals surface area contributed by atoms with E-state index in [1.807, 2.05) is 18.3 Å². The van der Waals surface area contributed by atoms with Crippen LogP contribution < -0.4 is 0 Å². The quantitative estimate of drug-likeness (QED) is 0.890. The van der Waals surface area contributed by atoms with E-state index in [1.165, 1.54) is 17.7 Å². The van der Waals surface area contributed by atoms with E-state index in [9.17, 15) is 4.79 Å². The van der Waals surface area contributed by atoms with Crippen LogP contribution in [0.2, 0.25) is 0 Å². The van der Waals surface area contributed by atoms with Crippen molar-refractivity contribution >= 4 is 17.3 Å². The third kappa shape index (κ3) is 2.19. The van der Waals surface area contributed by atoms with Crippen LogP contribution in [0.3, 0.4) is 0 Å². The van der Waals surface area contributed by atoms with E-state index >= 15 is 0 Å². The number of carbonyl (C=O) groups is 1. The van der Waals surface area contributed by atoms with E-state index in [1.54, 1.807) is 0 Å². The molecule has 3 nitrogen and oxygen atoms in total. The second-order valence-electron chi connectivity index (χ2n) is 5.64. The molecule has 98 valence electrons. The van der Waals surface area contributed by atoms with Crippen molar-refractivity contribution in [1.82, 2.24) is 4.90 Å². The van der Waals surface area contributed by atoms with Crippen LogP contribution >= 0.6 is 11.3 Å². The number of nitrogens with zero attached hydrogens (tertiary/aromatic N) is 1. The lowest BCUT2D eigenvalue weighted by molar-refractivity contribution is -0.146. The highest BCUT2D eigenvalue weighted by molar-refractivity contribution is 7.10. The lowest BCUT2D eigenvalue weighted by atomic mass is 9.85. The Morgan fingerprint density at radius 2 is 2.17 bits per heavy atom. The van der Waals surface area contributed by atoms with Crippen LogP contribution in [0.25, 0.3) is 0 Å². The first-order chi connectivity index (χ1) is 8.66. The van der Waals surface area contributed by atoms with Crippen molar-refractivity contribution in [1.29, 1.82) is 0 Å². The van der Waals surface area contributed by atoms with Gasteiger partial charge in [-0.1, -0.05) is 13.0 Å². The fraction of sp³-hybridized carbons (Fsp3) is 0.643. The Balaban J connectivity index is 1.64. The van der Waals surface area contributed by atoms with E-state index in [4.69, 9.17) is 5.11 Å². The van der Waals surface area contributed by atoms with Gasteiger partial charge in [0.2, 0.25) is 0 Å². The van der Waals surface area contributed by atoms with Gasteiger partial charge in [-0.2, -0.15) is 0 Å². The van der Waals surface area contributed by atoms with Gasteiger partial charge >= 0.3 is 5.97 Å². The molecule has 1 N–H and O–H groups in total. The lowest BCUT2D eigenvalue weighted by Crippen LogP contribution is -2.52. The Hall–Kier alpha value is -0.870. The van der Waals surface area contributed by atoms with Crippen LogP contribution in [0.1, 0.15) is 30.7 Å². The maximum atomic E-state index is 11.0. The highest BCUT2D eigenvalue weighted by Crippen LogP contribution is 2.48. The number of hydrogen-bond donors (Lipinski definition) is 1. The number of rotatable bonds is 5. The van der Waals surface area contributed by atoms with Gasteiger partial charge < -0.3 is 5.11 Å². The molecule has 2 fully saturated rings. The molecule has 0 amide bonds. The van der Waals surface area contributed by atoms with E-state index in [0.717, 1.165) is 19.0 Å². The average molecular weight is 265 g/mol. The number of likely N-dealkylation sites (tertiary alicyclic amines) is 1. The summed E-state index contributed by atoms with van der Waals surface area (Å²) in [6.07, 6.45) is 2.66. The smallest absolute Gasteiger partial charge is 0.306 e. The van der Waals surface area contributed by atoms with Crippen LogP contribution in [-0.2, 0) is 4.79 Å². The molecule has 2 unspecified atom stereocenters. The van der Waals surface area contributed by atoms with Crippen LogP contribution in [0.15, 0.2) is 17.5 Å². The third-order valence-corrected chi connectivity index (χ3v) is 5.27. The molecule has 3 rings (SSSR count). The number of hydrogen-bond acceptors (Lipinski definition) is 3. The van der Waals surface area contributed by atoms with Gasteiger partial charge in [0, 0.05) is 24.0 Å². The third-order valence-electron chi connectivity index (χ3n) is 4.33. The summed E-state index contributed by atoms with van der Waals surface area (Å²) in [7, 11) is 0. The minimum Gasteiger partial charge on any atom is -0.481 e. The van der Waals surface area contributed by atoms with E-state index in [2.05, 4.69) is 22.4 Å². The highest BCUT2D eigenvalue weighted by atomic mass is 32.1. The minimum atomic E-state index is -0.654. The molecule has 1 aliphatic heterocycles. The van der Waals surface area contributed by atoms with Crippen molar-refractivity contribution in [3.63, 3.8) is 0 Å². The summed E-state index contributed by atoms with van der Waals surface area (Å²) in [5, 5.41) is 11.2. The molecule has 1 saturated heterocycles. The maximum Gasteiger partial charge on any atom is 0.306 e. The second kappa shape index (κ2) is 4.67. The number of aliphatic carboxylic acids is 1. The van der Waals surface area contributed by atoms with Crippen LogP contribution in [0.4, 0.5) is 0 Å². The molecular weight excluding hydrogens is 246 g/mol. The Bertz CT molecular complexity index is 421. The van der Waals surface area contributed by atoms with Crippen molar-refractivity contribution in [2.75, 3.05) is 13.1 Å². The first-order valence-electron chi connectivity index (χ1n) is 6.67. The zero-order valence-corrected chi connectivity index (χ0v) is 11.4. The predicted octanol–water partition coefficient (Wildman–Crippen LogP) is 2.85. The van der Waals surface area contributed by atoms with Gasteiger partial charge in [-0.05, 0) is 36.1 Å². The molecule has 2 heterocycles. The Morgan fingerprint density at radius 1 is 1.44 bits per heavy atom. The highest BCUT2D eigenvalue weighted by Gasteiger charge is 2.44. The summed E-state index contributed by atoms with van der Waals surface area (Å²) in [5.74, 6) is 0.289. The first kappa shape index (κ1) is 12.2. The number of carboxylic acid groups (broad SMARTS) is 1. The molecule has 0 bridgehead atoms. The van der Waals surface area contributed by atoms with Gasteiger partial charge in [-0.3, -0.25) is 9.69 Å². The summed E-state index contributed by atoms with van der Waals surface area (Å²) in [6, 6.07) is 4.90. The van der Waals surface area contributed by atoms with E-state index in [0.29, 0.717) is 12.0 Å². The summed E-state index contributed by atoms with van der Waals surface area (Å²) < 4.78 is 0. The van der Waals surface area contributed by atoms with Crippen molar-refractivity contribution in [2.24, 2.45) is 17.8 Å². The number of carboxylic acids is 1. The van der Waals surface area contributed by atoms with Gasteiger partial charge in [0.1, 0.15) is 0 Å². The van der Waals surface area contributed by atoms with Crippen LogP contribution in [0.5, 0.6) is 0 Å². The normalized spacial score (nSPS) is 24.5. The molecule has 2 atom stereocenters. The Labute approximate surface area is 111 Å². The number of thiophene rings is 1. The van der Waals surface area contributed by atoms with E-state index in [-0.39, 0.29) is 5.92 Å². The van der Waals surface area contributed by atoms with Gasteiger partial charge in [0.15, 0.2) is 0 Å². The Morgan fingerprint density at radius 3 is 2.67 bits per heavy atom. The zero-order valence-electron chi connectivity index (χ0n) is 10.6. The molecule has 0 radical (unpaired) electrons. The minimum absolute atomic E-state index is 0.204. The maximum absolute atomic E-state index is 11.0. The van der Waals surface area contributed by atoms with Gasteiger partial charge in [-0.15, -0.1) is 11.3 Å². The Kier molecular flexibility index (Phi) is 3.16. The van der Waals surface area contributed by atoms with Crippen molar-refractivity contribution in [2.45, 2.75) is 25.8 Å². The summed E-state index contributed by atoms with van der Waals surface area (Å²) >= 11 is 1.83. The van der Waals surface area contributed by atoms with Crippen molar-refractivity contribution in [3.8, 4) is 0 Å². The van der Waals surface area contributed by atoms with Crippen molar-refractivity contribution < 1.29 is 9.90 Å². The molecule has 4 heteroatoms. The summed E-state index contributed by atoms with van der Waals surface area (Å²) in [5.41, 5.74) is 0. The monoisotopic (exact) mass is 265 g/mol. The van der Waals surface area contributed by atoms with Crippen molar-refractivity contribution in [3.05, 3.63) is 22.4 Å².